The molecule has 2 amide bonds. The number of para-hydroxylation sites is 1. The zero-order chi connectivity index (χ0) is 24.3. The predicted molar refractivity (Wildman–Crippen MR) is 130 cm³/mol. The van der Waals surface area contributed by atoms with Crippen LogP contribution in [0.5, 0.6) is 17.2 Å². The number of carbonyl (C=O) groups excluding carboxylic acids is 2. The lowest BCUT2D eigenvalue weighted by molar-refractivity contribution is -0.142. The van der Waals surface area contributed by atoms with Crippen molar-refractivity contribution >= 4 is 11.8 Å². The normalized spacial score (nSPS) is 11.3. The third-order valence-electron chi connectivity index (χ3n) is 5.41. The molecule has 0 aliphatic rings. The van der Waals surface area contributed by atoms with E-state index >= 15 is 0 Å². The van der Waals surface area contributed by atoms with Crippen molar-refractivity contribution < 1.29 is 23.8 Å². The predicted octanol–water partition coefficient (Wildman–Crippen LogP) is 3.82. The van der Waals surface area contributed by atoms with Crippen molar-refractivity contribution in [3.05, 3.63) is 90.0 Å². The van der Waals surface area contributed by atoms with Crippen LogP contribution in [0.1, 0.15) is 18.1 Å². The molecule has 0 fully saturated rings. The van der Waals surface area contributed by atoms with Crippen LogP contribution in [0.25, 0.3) is 0 Å². The molecule has 3 rings (SSSR count). The second-order valence-electron chi connectivity index (χ2n) is 7.71. The quantitative estimate of drug-likeness (QED) is 0.469. The summed E-state index contributed by atoms with van der Waals surface area (Å²) in [6.07, 6.45) is 0. The van der Waals surface area contributed by atoms with E-state index in [-0.39, 0.29) is 25.0 Å². The highest BCUT2D eigenvalue weighted by molar-refractivity contribution is 5.88. The standard InChI is InChI=1S/C27H30N2O5/c1-20(27(31)28-17-21-9-13-23(32-2)14-10-21)29(18-22-11-15-24(33-3)16-12-22)26(30)19-34-25-7-5-4-6-8-25/h4-16,20H,17-19H2,1-3H3,(H,28,31)/t20-/m0/s1. The molecule has 3 aromatic carbocycles. The fourth-order valence-electron chi connectivity index (χ4n) is 3.34. The van der Waals surface area contributed by atoms with Crippen LogP contribution in [0.3, 0.4) is 0 Å². The SMILES string of the molecule is COc1ccc(CNC(=O)[C@H](C)N(Cc2ccc(OC)cc2)C(=O)COc2ccccc2)cc1. The number of ether oxygens (including phenoxy) is 3. The van der Waals surface area contributed by atoms with Gasteiger partial charge in [0.25, 0.3) is 5.91 Å². The van der Waals surface area contributed by atoms with E-state index in [0.717, 1.165) is 22.6 Å². The molecule has 7 nitrogen and oxygen atoms in total. The van der Waals surface area contributed by atoms with Crippen LogP contribution in [0.4, 0.5) is 0 Å². The highest BCUT2D eigenvalue weighted by Gasteiger charge is 2.26. The molecule has 0 aliphatic heterocycles. The first-order valence-electron chi connectivity index (χ1n) is 11.0. The van der Waals surface area contributed by atoms with Crippen LogP contribution in [0.15, 0.2) is 78.9 Å². The van der Waals surface area contributed by atoms with Gasteiger partial charge in [0.1, 0.15) is 23.3 Å². The second kappa shape index (κ2) is 12.3. The molecule has 0 aromatic heterocycles. The average molecular weight is 463 g/mol. The van der Waals surface area contributed by atoms with Crippen molar-refractivity contribution in [2.24, 2.45) is 0 Å². The Bertz CT molecular complexity index is 1050. The number of hydrogen-bond donors (Lipinski definition) is 1. The first kappa shape index (κ1) is 24.6. The summed E-state index contributed by atoms with van der Waals surface area (Å²) < 4.78 is 16.0. The third kappa shape index (κ3) is 7.00. The number of hydrogen-bond acceptors (Lipinski definition) is 5. The zero-order valence-electron chi connectivity index (χ0n) is 19.7. The lowest BCUT2D eigenvalue weighted by Crippen LogP contribution is -2.48. The summed E-state index contributed by atoms with van der Waals surface area (Å²) in [5, 5.41) is 2.91. The molecule has 0 radical (unpaired) electrons. The topological polar surface area (TPSA) is 77.1 Å². The average Bonchev–Trinajstić information content (AvgIpc) is 2.89. The molecular formula is C27H30N2O5. The van der Waals surface area contributed by atoms with Gasteiger partial charge in [-0.1, -0.05) is 42.5 Å². The van der Waals surface area contributed by atoms with Gasteiger partial charge in [0.15, 0.2) is 6.61 Å². The van der Waals surface area contributed by atoms with Gasteiger partial charge in [-0.15, -0.1) is 0 Å². The summed E-state index contributed by atoms with van der Waals surface area (Å²) in [5.74, 6) is 1.53. The van der Waals surface area contributed by atoms with E-state index in [2.05, 4.69) is 5.32 Å². The van der Waals surface area contributed by atoms with Crippen LogP contribution in [-0.4, -0.2) is 43.6 Å². The van der Waals surface area contributed by atoms with E-state index in [1.165, 1.54) is 4.90 Å². The minimum atomic E-state index is -0.702. The number of rotatable bonds is 11. The van der Waals surface area contributed by atoms with Gasteiger partial charge >= 0.3 is 0 Å². The van der Waals surface area contributed by atoms with Gasteiger partial charge in [-0.25, -0.2) is 0 Å². The van der Waals surface area contributed by atoms with Crippen LogP contribution in [-0.2, 0) is 22.7 Å². The van der Waals surface area contributed by atoms with Crippen molar-refractivity contribution in [2.75, 3.05) is 20.8 Å². The third-order valence-corrected chi connectivity index (χ3v) is 5.41. The molecule has 3 aromatic rings. The fraction of sp³-hybridized carbons (Fsp3) is 0.259. The first-order chi connectivity index (χ1) is 16.5. The Kier molecular flexibility index (Phi) is 8.91. The first-order valence-corrected chi connectivity index (χ1v) is 11.0. The van der Waals surface area contributed by atoms with Crippen molar-refractivity contribution in [1.29, 1.82) is 0 Å². The van der Waals surface area contributed by atoms with Crippen LogP contribution >= 0.6 is 0 Å². The summed E-state index contributed by atoms with van der Waals surface area (Å²) in [5.41, 5.74) is 1.81. The maximum absolute atomic E-state index is 13.1. The number of nitrogens with zero attached hydrogens (tertiary/aromatic N) is 1. The number of nitrogens with one attached hydrogen (secondary N) is 1. The Morgan fingerprint density at radius 1 is 0.794 bits per heavy atom. The number of methoxy groups -OCH3 is 2. The van der Waals surface area contributed by atoms with Gasteiger partial charge in [0.05, 0.1) is 14.2 Å². The van der Waals surface area contributed by atoms with Crippen LogP contribution < -0.4 is 19.5 Å². The minimum absolute atomic E-state index is 0.170. The minimum Gasteiger partial charge on any atom is -0.497 e. The summed E-state index contributed by atoms with van der Waals surface area (Å²) in [6, 6.07) is 23.3. The number of benzene rings is 3. The molecule has 7 heteroatoms. The molecule has 0 saturated carbocycles. The van der Waals surface area contributed by atoms with Crippen molar-refractivity contribution in [3.63, 3.8) is 0 Å². The van der Waals surface area contributed by atoms with Gasteiger partial charge in [0, 0.05) is 13.1 Å². The molecule has 0 saturated heterocycles. The Morgan fingerprint density at radius 3 is 1.91 bits per heavy atom. The van der Waals surface area contributed by atoms with Crippen molar-refractivity contribution in [2.45, 2.75) is 26.1 Å². The molecule has 0 aliphatic carbocycles. The lowest BCUT2D eigenvalue weighted by Gasteiger charge is -2.29. The number of amides is 2. The lowest BCUT2D eigenvalue weighted by atomic mass is 10.1. The highest BCUT2D eigenvalue weighted by Crippen LogP contribution is 2.16. The van der Waals surface area contributed by atoms with Gasteiger partial charge in [0.2, 0.25) is 5.91 Å². The van der Waals surface area contributed by atoms with Crippen molar-refractivity contribution in [3.8, 4) is 17.2 Å². The molecule has 0 spiro atoms. The second-order valence-corrected chi connectivity index (χ2v) is 7.71. The van der Waals surface area contributed by atoms with E-state index in [0.29, 0.717) is 12.3 Å². The van der Waals surface area contributed by atoms with E-state index < -0.39 is 6.04 Å². The maximum atomic E-state index is 13.1. The van der Waals surface area contributed by atoms with Gasteiger partial charge in [-0.3, -0.25) is 9.59 Å². The summed E-state index contributed by atoms with van der Waals surface area (Å²) >= 11 is 0. The molecule has 0 bridgehead atoms. The Labute approximate surface area is 200 Å². The van der Waals surface area contributed by atoms with E-state index in [9.17, 15) is 9.59 Å². The van der Waals surface area contributed by atoms with Gasteiger partial charge in [-0.05, 0) is 54.4 Å². The molecule has 1 atom stereocenters. The highest BCUT2D eigenvalue weighted by atomic mass is 16.5. The maximum Gasteiger partial charge on any atom is 0.261 e. The Morgan fingerprint density at radius 2 is 1.35 bits per heavy atom. The van der Waals surface area contributed by atoms with Gasteiger partial charge < -0.3 is 24.4 Å². The van der Waals surface area contributed by atoms with Gasteiger partial charge in [-0.2, -0.15) is 0 Å². The van der Waals surface area contributed by atoms with Crippen LogP contribution in [0, 0.1) is 0 Å². The summed E-state index contributed by atoms with van der Waals surface area (Å²) in [4.78, 5) is 27.6. The molecule has 0 unspecified atom stereocenters. The van der Waals surface area contributed by atoms with E-state index in [4.69, 9.17) is 14.2 Å². The van der Waals surface area contributed by atoms with Crippen molar-refractivity contribution in [1.82, 2.24) is 10.2 Å². The Hall–Kier alpha value is -4.00. The molecule has 178 valence electrons. The largest absolute Gasteiger partial charge is 0.497 e. The Balaban J connectivity index is 1.68. The molecular weight excluding hydrogens is 432 g/mol. The van der Waals surface area contributed by atoms with E-state index in [1.54, 1.807) is 33.3 Å². The van der Waals surface area contributed by atoms with E-state index in [1.807, 2.05) is 66.7 Å². The zero-order valence-corrected chi connectivity index (χ0v) is 19.7. The monoisotopic (exact) mass is 462 g/mol. The molecule has 34 heavy (non-hydrogen) atoms. The molecule has 1 N–H and O–H groups in total. The fourth-order valence-corrected chi connectivity index (χ4v) is 3.34. The summed E-state index contributed by atoms with van der Waals surface area (Å²) in [7, 11) is 3.20. The van der Waals surface area contributed by atoms with Crippen LogP contribution in [0.2, 0.25) is 0 Å². The summed E-state index contributed by atoms with van der Waals surface area (Å²) in [6.45, 7) is 2.15. The smallest absolute Gasteiger partial charge is 0.261 e. The molecule has 0 heterocycles. The number of carbonyl (C=O) groups is 2.